The summed E-state index contributed by atoms with van der Waals surface area (Å²) in [5, 5.41) is 0. The van der Waals surface area contributed by atoms with Crippen molar-refractivity contribution in [1.29, 1.82) is 0 Å². The van der Waals surface area contributed by atoms with Gasteiger partial charge in [-0.3, -0.25) is 0 Å². The summed E-state index contributed by atoms with van der Waals surface area (Å²) >= 11 is 0. The van der Waals surface area contributed by atoms with E-state index >= 15 is 0 Å². The molecule has 0 unspecified atom stereocenters. The Kier molecular flexibility index (Phi) is 5.61. The van der Waals surface area contributed by atoms with Gasteiger partial charge in [-0.25, -0.2) is 4.98 Å². The van der Waals surface area contributed by atoms with Crippen LogP contribution >= 0.6 is 0 Å². The molecule has 0 saturated carbocycles. The predicted molar refractivity (Wildman–Crippen MR) is 127 cm³/mol. The highest BCUT2D eigenvalue weighted by Gasteiger charge is 2.35. The number of imidazole rings is 1. The molecule has 0 amide bonds. The number of fused-ring (bicyclic) bond motifs is 2. The first-order chi connectivity index (χ1) is 15.0. The first-order valence-corrected chi connectivity index (χ1v) is 11.8. The zero-order chi connectivity index (χ0) is 21.5. The third-order valence-electron chi connectivity index (χ3n) is 7.28. The number of nitrogens with zero attached hydrogens (tertiary/aromatic N) is 3. The van der Waals surface area contributed by atoms with Gasteiger partial charge in [-0.05, 0) is 60.9 Å². The van der Waals surface area contributed by atoms with Crippen LogP contribution in [0.2, 0.25) is 0 Å². The molecule has 0 N–H and O–H groups in total. The van der Waals surface area contributed by atoms with Gasteiger partial charge in [0.2, 0.25) is 0 Å². The van der Waals surface area contributed by atoms with E-state index in [1.807, 2.05) is 7.11 Å². The number of likely N-dealkylation sites (tertiary alicyclic amines) is 1. The summed E-state index contributed by atoms with van der Waals surface area (Å²) in [6.07, 6.45) is 3.74. The maximum Gasteiger partial charge on any atom is 0.112 e. The van der Waals surface area contributed by atoms with Gasteiger partial charge in [-0.15, -0.1) is 0 Å². The fraction of sp³-hybridized carbons (Fsp3) is 0.519. The first-order valence-electron chi connectivity index (χ1n) is 11.8. The van der Waals surface area contributed by atoms with E-state index < -0.39 is 0 Å². The molecule has 1 fully saturated rings. The Balaban J connectivity index is 1.35. The van der Waals surface area contributed by atoms with E-state index in [9.17, 15) is 0 Å². The number of rotatable bonds is 5. The topological polar surface area (TPSA) is 30.3 Å². The molecule has 1 saturated heterocycles. The molecule has 2 aromatic carbocycles. The zero-order valence-corrected chi connectivity index (χ0v) is 19.3. The van der Waals surface area contributed by atoms with Crippen molar-refractivity contribution in [1.82, 2.24) is 14.5 Å². The maximum absolute atomic E-state index is 6.10. The van der Waals surface area contributed by atoms with Crippen molar-refractivity contribution in [3.8, 4) is 0 Å². The van der Waals surface area contributed by atoms with E-state index in [2.05, 4.69) is 72.7 Å². The molecular weight excluding hydrogens is 382 g/mol. The number of benzene rings is 2. The van der Waals surface area contributed by atoms with Gasteiger partial charge in [-0.1, -0.05) is 44.2 Å². The number of aryl methyl sites for hydroxylation is 1. The Labute approximate surface area is 186 Å². The van der Waals surface area contributed by atoms with E-state index in [1.54, 1.807) is 11.1 Å². The van der Waals surface area contributed by atoms with Crippen LogP contribution in [0.1, 0.15) is 54.7 Å². The van der Waals surface area contributed by atoms with Gasteiger partial charge in [0.15, 0.2) is 0 Å². The Morgan fingerprint density at radius 2 is 1.84 bits per heavy atom. The molecule has 3 aromatic rings. The largest absolute Gasteiger partial charge is 0.378 e. The van der Waals surface area contributed by atoms with Crippen LogP contribution < -0.4 is 0 Å². The van der Waals surface area contributed by atoms with Gasteiger partial charge in [-0.2, -0.15) is 0 Å². The summed E-state index contributed by atoms with van der Waals surface area (Å²) in [6, 6.07) is 16.0. The van der Waals surface area contributed by atoms with Crippen LogP contribution in [0.5, 0.6) is 0 Å². The molecule has 0 bridgehead atoms. The van der Waals surface area contributed by atoms with Gasteiger partial charge in [0.1, 0.15) is 5.82 Å². The lowest BCUT2D eigenvalue weighted by Gasteiger charge is -2.40. The Morgan fingerprint density at radius 3 is 2.52 bits per heavy atom. The van der Waals surface area contributed by atoms with E-state index in [1.165, 1.54) is 36.3 Å². The van der Waals surface area contributed by atoms with Crippen LogP contribution in [-0.2, 0) is 17.6 Å². The quantitative estimate of drug-likeness (QED) is 0.575. The highest BCUT2D eigenvalue weighted by molar-refractivity contribution is 5.77. The molecule has 1 aliphatic heterocycles. The number of hydrogen-bond donors (Lipinski definition) is 0. The minimum absolute atomic E-state index is 0.189. The Hall–Kier alpha value is -2.17. The van der Waals surface area contributed by atoms with Crippen LogP contribution in [0.25, 0.3) is 11.0 Å². The van der Waals surface area contributed by atoms with Gasteiger partial charge < -0.3 is 14.2 Å². The highest BCUT2D eigenvalue weighted by Crippen LogP contribution is 2.34. The SMILES string of the molecule is CO[C@@H]1CN(CC2Cc3ccccc3C2)CC[C@@H]1n1c(C(C)C)nc2cc(C)ccc21. The van der Waals surface area contributed by atoms with Crippen molar-refractivity contribution in [2.45, 2.75) is 58.1 Å². The molecule has 2 heterocycles. The van der Waals surface area contributed by atoms with Crippen LogP contribution in [0.15, 0.2) is 42.5 Å². The second-order valence-electron chi connectivity index (χ2n) is 9.92. The number of hydrogen-bond acceptors (Lipinski definition) is 3. The second-order valence-corrected chi connectivity index (χ2v) is 9.92. The van der Waals surface area contributed by atoms with Gasteiger partial charge in [0.25, 0.3) is 0 Å². The summed E-state index contributed by atoms with van der Waals surface area (Å²) in [7, 11) is 1.88. The number of piperidine rings is 1. The molecule has 4 heteroatoms. The van der Waals surface area contributed by atoms with Crippen molar-refractivity contribution in [2.24, 2.45) is 5.92 Å². The lowest BCUT2D eigenvalue weighted by Crippen LogP contribution is -2.47. The molecular formula is C27H35N3O. The molecule has 1 aromatic heterocycles. The van der Waals surface area contributed by atoms with Gasteiger partial charge >= 0.3 is 0 Å². The minimum atomic E-state index is 0.189. The fourth-order valence-electron chi connectivity index (χ4n) is 5.79. The zero-order valence-electron chi connectivity index (χ0n) is 19.3. The third-order valence-corrected chi connectivity index (χ3v) is 7.28. The first kappa shape index (κ1) is 20.7. The molecule has 2 atom stereocenters. The monoisotopic (exact) mass is 417 g/mol. The van der Waals surface area contributed by atoms with E-state index in [-0.39, 0.29) is 6.10 Å². The minimum Gasteiger partial charge on any atom is -0.378 e. The van der Waals surface area contributed by atoms with Crippen LogP contribution in [0, 0.1) is 12.8 Å². The van der Waals surface area contributed by atoms with Crippen molar-refractivity contribution in [3.05, 3.63) is 65.0 Å². The van der Waals surface area contributed by atoms with Crippen molar-refractivity contribution < 1.29 is 4.74 Å². The van der Waals surface area contributed by atoms with Crippen LogP contribution in [-0.4, -0.2) is 47.3 Å². The average molecular weight is 418 g/mol. The van der Waals surface area contributed by atoms with E-state index in [0.29, 0.717) is 12.0 Å². The van der Waals surface area contributed by atoms with Crippen LogP contribution in [0.4, 0.5) is 0 Å². The van der Waals surface area contributed by atoms with Gasteiger partial charge in [0, 0.05) is 32.7 Å². The molecule has 164 valence electrons. The van der Waals surface area contributed by atoms with Crippen molar-refractivity contribution in [3.63, 3.8) is 0 Å². The number of ether oxygens (including phenoxy) is 1. The summed E-state index contributed by atoms with van der Waals surface area (Å²) < 4.78 is 8.60. The summed E-state index contributed by atoms with van der Waals surface area (Å²) in [5.41, 5.74) is 6.73. The smallest absolute Gasteiger partial charge is 0.112 e. The van der Waals surface area contributed by atoms with E-state index in [0.717, 1.165) is 30.9 Å². The second kappa shape index (κ2) is 8.40. The Bertz CT molecular complexity index is 1040. The summed E-state index contributed by atoms with van der Waals surface area (Å²) in [5.74, 6) is 2.31. The molecule has 0 spiro atoms. The Morgan fingerprint density at radius 1 is 1.10 bits per heavy atom. The van der Waals surface area contributed by atoms with Crippen LogP contribution in [0.3, 0.4) is 0 Å². The standard InChI is InChI=1S/C27H35N3O/c1-18(2)27-28-23-13-19(3)9-10-24(23)30(27)25-11-12-29(17-26(25)31-4)16-20-14-21-7-5-6-8-22(21)15-20/h5-10,13,18,20,25-26H,11-12,14-17H2,1-4H3/t25-,26+/m0/s1. The lowest BCUT2D eigenvalue weighted by atomic mass is 9.97. The number of methoxy groups -OCH3 is 1. The molecule has 1 aliphatic carbocycles. The number of aromatic nitrogens is 2. The fourth-order valence-corrected chi connectivity index (χ4v) is 5.79. The van der Waals surface area contributed by atoms with Crippen molar-refractivity contribution in [2.75, 3.05) is 26.7 Å². The maximum atomic E-state index is 6.10. The summed E-state index contributed by atoms with van der Waals surface area (Å²) in [4.78, 5) is 7.67. The highest BCUT2D eigenvalue weighted by atomic mass is 16.5. The average Bonchev–Trinajstić information content (AvgIpc) is 3.34. The summed E-state index contributed by atoms with van der Waals surface area (Å²) in [6.45, 7) is 9.93. The lowest BCUT2D eigenvalue weighted by molar-refractivity contribution is -0.00966. The van der Waals surface area contributed by atoms with Crippen molar-refractivity contribution >= 4 is 11.0 Å². The molecule has 0 radical (unpaired) electrons. The predicted octanol–water partition coefficient (Wildman–Crippen LogP) is 5.14. The van der Waals surface area contributed by atoms with Gasteiger partial charge in [0.05, 0.1) is 23.2 Å². The molecule has 4 nitrogen and oxygen atoms in total. The molecule has 2 aliphatic rings. The third kappa shape index (κ3) is 3.92. The molecule has 31 heavy (non-hydrogen) atoms. The van der Waals surface area contributed by atoms with E-state index in [4.69, 9.17) is 9.72 Å². The molecule has 5 rings (SSSR count). The normalized spacial score (nSPS) is 22.5.